The highest BCUT2D eigenvalue weighted by Crippen LogP contribution is 2.12. The van der Waals surface area contributed by atoms with Crippen LogP contribution in [0, 0.1) is 0 Å². The van der Waals surface area contributed by atoms with Crippen molar-refractivity contribution >= 4 is 5.91 Å². The Labute approximate surface area is 117 Å². The highest BCUT2D eigenvalue weighted by atomic mass is 16.2. The molecule has 2 aromatic rings. The van der Waals surface area contributed by atoms with E-state index in [0.717, 1.165) is 18.8 Å². The Balaban J connectivity index is 1.86. The monoisotopic (exact) mass is 271 g/mol. The minimum atomic E-state index is -0.0204. The average molecular weight is 271 g/mol. The van der Waals surface area contributed by atoms with Crippen molar-refractivity contribution in [2.75, 3.05) is 19.6 Å². The fourth-order valence-corrected chi connectivity index (χ4v) is 2.39. The summed E-state index contributed by atoms with van der Waals surface area (Å²) in [5.41, 5.74) is 1.31. The van der Waals surface area contributed by atoms with E-state index in [1.54, 1.807) is 23.1 Å². The summed E-state index contributed by atoms with van der Waals surface area (Å²) in [6.45, 7) is 4.41. The molecular formula is C14H17N5O. The first kappa shape index (κ1) is 12.8. The van der Waals surface area contributed by atoms with Gasteiger partial charge in [0.25, 0.3) is 5.91 Å². The predicted molar refractivity (Wildman–Crippen MR) is 74.7 cm³/mol. The van der Waals surface area contributed by atoms with E-state index in [2.05, 4.69) is 15.4 Å². The predicted octanol–water partition coefficient (Wildman–Crippen LogP) is 0.701. The maximum atomic E-state index is 12.5. The lowest BCUT2D eigenvalue weighted by Crippen LogP contribution is -2.52. The van der Waals surface area contributed by atoms with Gasteiger partial charge in [-0.25, -0.2) is 4.68 Å². The molecule has 6 nitrogen and oxygen atoms in total. The summed E-state index contributed by atoms with van der Waals surface area (Å²) in [6.07, 6.45) is 5.20. The molecule has 0 unspecified atom stereocenters. The van der Waals surface area contributed by atoms with Crippen LogP contribution >= 0.6 is 0 Å². The van der Waals surface area contributed by atoms with Crippen LogP contribution in [0.2, 0.25) is 0 Å². The molecule has 6 heteroatoms. The molecule has 0 bridgehead atoms. The number of hydrogen-bond acceptors (Lipinski definition) is 4. The summed E-state index contributed by atoms with van der Waals surface area (Å²) in [5, 5.41) is 7.44. The molecule has 1 fully saturated rings. The van der Waals surface area contributed by atoms with Crippen molar-refractivity contribution in [2.45, 2.75) is 13.0 Å². The molecule has 0 aromatic carbocycles. The summed E-state index contributed by atoms with van der Waals surface area (Å²) in [4.78, 5) is 18.6. The number of rotatable bonds is 2. The van der Waals surface area contributed by atoms with Crippen LogP contribution in [0.4, 0.5) is 0 Å². The van der Waals surface area contributed by atoms with Gasteiger partial charge in [0, 0.05) is 44.3 Å². The van der Waals surface area contributed by atoms with Crippen LogP contribution in [-0.2, 0) is 0 Å². The number of nitrogens with one attached hydrogen (secondary N) is 1. The van der Waals surface area contributed by atoms with Gasteiger partial charge >= 0.3 is 0 Å². The van der Waals surface area contributed by atoms with Crippen LogP contribution in [0.25, 0.3) is 5.69 Å². The Bertz CT molecular complexity index is 595. The van der Waals surface area contributed by atoms with Crippen LogP contribution in [0.1, 0.15) is 17.4 Å². The van der Waals surface area contributed by atoms with Gasteiger partial charge in [0.1, 0.15) is 5.69 Å². The lowest BCUT2D eigenvalue weighted by Gasteiger charge is -2.33. The van der Waals surface area contributed by atoms with Crippen molar-refractivity contribution < 1.29 is 4.79 Å². The van der Waals surface area contributed by atoms with E-state index < -0.39 is 0 Å². The number of piperazine rings is 1. The number of hydrogen-bond donors (Lipinski definition) is 1. The number of nitrogens with zero attached hydrogens (tertiary/aromatic N) is 4. The van der Waals surface area contributed by atoms with E-state index >= 15 is 0 Å². The molecule has 20 heavy (non-hydrogen) atoms. The molecule has 1 aliphatic rings. The van der Waals surface area contributed by atoms with E-state index in [-0.39, 0.29) is 11.9 Å². The molecule has 0 aliphatic carbocycles. The van der Waals surface area contributed by atoms with Crippen molar-refractivity contribution in [1.82, 2.24) is 25.0 Å². The first-order valence-corrected chi connectivity index (χ1v) is 6.73. The zero-order valence-corrected chi connectivity index (χ0v) is 11.4. The molecular weight excluding hydrogens is 254 g/mol. The molecule has 0 saturated carbocycles. The largest absolute Gasteiger partial charge is 0.332 e. The van der Waals surface area contributed by atoms with Crippen LogP contribution in [0.3, 0.4) is 0 Å². The van der Waals surface area contributed by atoms with Crippen LogP contribution < -0.4 is 5.32 Å². The summed E-state index contributed by atoms with van der Waals surface area (Å²) in [5.74, 6) is -0.0204. The number of amides is 1. The van der Waals surface area contributed by atoms with Gasteiger partial charge in [0.05, 0.1) is 5.69 Å². The van der Waals surface area contributed by atoms with Crippen molar-refractivity contribution in [3.63, 3.8) is 0 Å². The van der Waals surface area contributed by atoms with E-state index in [4.69, 9.17) is 0 Å². The lowest BCUT2D eigenvalue weighted by molar-refractivity contribution is 0.0649. The lowest BCUT2D eigenvalue weighted by atomic mass is 10.2. The second-order valence-electron chi connectivity index (χ2n) is 4.90. The quantitative estimate of drug-likeness (QED) is 0.873. The molecule has 3 heterocycles. The minimum absolute atomic E-state index is 0.0204. The molecule has 1 saturated heterocycles. The van der Waals surface area contributed by atoms with Crippen LogP contribution in [-0.4, -0.2) is 51.2 Å². The SMILES string of the molecule is C[C@H]1CNCCN1C(=O)c1cc(-n2cccn2)ccn1. The van der Waals surface area contributed by atoms with E-state index in [1.165, 1.54) is 0 Å². The van der Waals surface area contributed by atoms with Gasteiger partial charge < -0.3 is 10.2 Å². The normalized spacial score (nSPS) is 19.1. The third-order valence-corrected chi connectivity index (χ3v) is 3.49. The molecule has 1 atom stereocenters. The first-order chi connectivity index (χ1) is 9.75. The standard InChI is InChI=1S/C14H17N5O/c1-11-10-15-6-8-18(11)14(20)13-9-12(3-5-16-13)19-7-2-4-17-19/h2-5,7,9,11,15H,6,8,10H2,1H3/t11-/m0/s1. The van der Waals surface area contributed by atoms with Gasteiger partial charge in [0.2, 0.25) is 0 Å². The Morgan fingerprint density at radius 2 is 2.35 bits per heavy atom. The Morgan fingerprint density at radius 1 is 1.45 bits per heavy atom. The van der Waals surface area contributed by atoms with Crippen molar-refractivity contribution in [1.29, 1.82) is 0 Å². The molecule has 1 amide bonds. The molecule has 104 valence electrons. The number of pyridine rings is 1. The smallest absolute Gasteiger partial charge is 0.272 e. The van der Waals surface area contributed by atoms with Crippen LogP contribution in [0.5, 0.6) is 0 Å². The summed E-state index contributed by atoms with van der Waals surface area (Å²) < 4.78 is 1.72. The van der Waals surface area contributed by atoms with Gasteiger partial charge in [-0.2, -0.15) is 5.10 Å². The third-order valence-electron chi connectivity index (χ3n) is 3.49. The van der Waals surface area contributed by atoms with Crippen molar-refractivity contribution in [3.05, 3.63) is 42.5 Å². The zero-order chi connectivity index (χ0) is 13.9. The van der Waals surface area contributed by atoms with E-state index in [0.29, 0.717) is 12.2 Å². The summed E-state index contributed by atoms with van der Waals surface area (Å²) in [7, 11) is 0. The molecule has 1 aliphatic heterocycles. The van der Waals surface area contributed by atoms with Crippen molar-refractivity contribution in [3.8, 4) is 5.69 Å². The second-order valence-corrected chi connectivity index (χ2v) is 4.90. The zero-order valence-electron chi connectivity index (χ0n) is 11.4. The topological polar surface area (TPSA) is 63.1 Å². The summed E-state index contributed by atoms with van der Waals surface area (Å²) >= 11 is 0. The molecule has 3 rings (SSSR count). The van der Waals surface area contributed by atoms with Gasteiger partial charge in [-0.15, -0.1) is 0 Å². The molecule has 0 radical (unpaired) electrons. The fraction of sp³-hybridized carbons (Fsp3) is 0.357. The fourth-order valence-electron chi connectivity index (χ4n) is 2.39. The Morgan fingerprint density at radius 3 is 3.10 bits per heavy atom. The van der Waals surface area contributed by atoms with E-state index in [1.807, 2.05) is 30.2 Å². The van der Waals surface area contributed by atoms with Gasteiger partial charge in [-0.05, 0) is 25.1 Å². The van der Waals surface area contributed by atoms with Gasteiger partial charge in [-0.3, -0.25) is 9.78 Å². The Kier molecular flexibility index (Phi) is 3.47. The first-order valence-electron chi connectivity index (χ1n) is 6.73. The Hall–Kier alpha value is -2.21. The van der Waals surface area contributed by atoms with Gasteiger partial charge in [-0.1, -0.05) is 0 Å². The highest BCUT2D eigenvalue weighted by Gasteiger charge is 2.25. The number of aromatic nitrogens is 3. The average Bonchev–Trinajstić information content (AvgIpc) is 3.01. The molecule has 1 N–H and O–H groups in total. The second kappa shape index (κ2) is 5.42. The maximum absolute atomic E-state index is 12.5. The van der Waals surface area contributed by atoms with Crippen molar-refractivity contribution in [2.24, 2.45) is 0 Å². The third kappa shape index (κ3) is 2.42. The molecule has 2 aromatic heterocycles. The van der Waals surface area contributed by atoms with Gasteiger partial charge in [0.15, 0.2) is 0 Å². The van der Waals surface area contributed by atoms with Crippen LogP contribution in [0.15, 0.2) is 36.8 Å². The highest BCUT2D eigenvalue weighted by molar-refractivity contribution is 5.93. The maximum Gasteiger partial charge on any atom is 0.272 e. The number of carbonyl (C=O) groups excluding carboxylic acids is 1. The minimum Gasteiger partial charge on any atom is -0.332 e. The number of carbonyl (C=O) groups is 1. The van der Waals surface area contributed by atoms with E-state index in [9.17, 15) is 4.79 Å². The summed E-state index contributed by atoms with van der Waals surface area (Å²) in [6, 6.07) is 5.65. The molecule has 0 spiro atoms.